The van der Waals surface area contributed by atoms with E-state index in [-0.39, 0.29) is 12.6 Å². The highest BCUT2D eigenvalue weighted by molar-refractivity contribution is 5.80. The number of guanidine groups is 1. The van der Waals surface area contributed by atoms with Crippen molar-refractivity contribution >= 4 is 5.96 Å². The number of nitrogens with one attached hydrogen (secondary N) is 2. The lowest BCUT2D eigenvalue weighted by Crippen LogP contribution is -2.38. The molecule has 0 aromatic heterocycles. The zero-order valence-corrected chi connectivity index (χ0v) is 16.0. The van der Waals surface area contributed by atoms with E-state index in [1.807, 2.05) is 43.3 Å². The highest BCUT2D eigenvalue weighted by atomic mass is 16.5. The quantitative estimate of drug-likeness (QED) is 0.527. The van der Waals surface area contributed by atoms with Gasteiger partial charge in [0, 0.05) is 12.1 Å². The van der Waals surface area contributed by atoms with Gasteiger partial charge in [-0.1, -0.05) is 42.0 Å². The van der Waals surface area contributed by atoms with Crippen molar-refractivity contribution in [3.8, 4) is 5.75 Å². The molecule has 0 aliphatic heterocycles. The SMILES string of the molecule is CCNC(=NCc1ccccc1CO)NC(C)c1cc(C)ccc1OC. The maximum Gasteiger partial charge on any atom is 0.192 e. The summed E-state index contributed by atoms with van der Waals surface area (Å²) in [6.45, 7) is 7.49. The van der Waals surface area contributed by atoms with Crippen LogP contribution in [0, 0.1) is 6.92 Å². The van der Waals surface area contributed by atoms with Gasteiger partial charge in [0.25, 0.3) is 0 Å². The van der Waals surface area contributed by atoms with E-state index < -0.39 is 0 Å². The van der Waals surface area contributed by atoms with Gasteiger partial charge in [-0.25, -0.2) is 4.99 Å². The minimum Gasteiger partial charge on any atom is -0.496 e. The summed E-state index contributed by atoms with van der Waals surface area (Å²) in [6.07, 6.45) is 0. The molecule has 0 bridgehead atoms. The maximum absolute atomic E-state index is 9.47. The Morgan fingerprint density at radius 1 is 1.19 bits per heavy atom. The molecule has 2 aromatic carbocycles. The van der Waals surface area contributed by atoms with Crippen molar-refractivity contribution in [2.45, 2.75) is 40.0 Å². The molecule has 0 saturated carbocycles. The molecule has 1 atom stereocenters. The smallest absolute Gasteiger partial charge is 0.192 e. The Labute approximate surface area is 156 Å². The Morgan fingerprint density at radius 2 is 1.92 bits per heavy atom. The standard InChI is InChI=1S/C21H29N3O2/c1-5-22-21(23-13-17-8-6-7-9-18(17)14-25)24-16(3)19-12-15(2)10-11-20(19)26-4/h6-12,16,25H,5,13-14H2,1-4H3,(H2,22,23,24). The molecular weight excluding hydrogens is 326 g/mol. The second-order valence-corrected chi connectivity index (χ2v) is 6.23. The summed E-state index contributed by atoms with van der Waals surface area (Å²) in [5, 5.41) is 16.2. The van der Waals surface area contributed by atoms with Gasteiger partial charge in [-0.3, -0.25) is 0 Å². The van der Waals surface area contributed by atoms with Crippen LogP contribution in [0.1, 0.15) is 42.1 Å². The van der Waals surface area contributed by atoms with Crippen LogP contribution in [0.5, 0.6) is 5.75 Å². The number of ether oxygens (including phenoxy) is 1. The van der Waals surface area contributed by atoms with Gasteiger partial charge in [0.05, 0.1) is 26.3 Å². The van der Waals surface area contributed by atoms with Crippen LogP contribution in [-0.4, -0.2) is 24.7 Å². The number of hydrogen-bond donors (Lipinski definition) is 3. The monoisotopic (exact) mass is 355 g/mol. The van der Waals surface area contributed by atoms with E-state index in [2.05, 4.69) is 35.5 Å². The molecule has 0 fully saturated rings. The third-order valence-corrected chi connectivity index (χ3v) is 4.25. The molecule has 1 unspecified atom stereocenters. The molecule has 5 heteroatoms. The Hall–Kier alpha value is -2.53. The summed E-state index contributed by atoms with van der Waals surface area (Å²) in [6, 6.07) is 14.0. The van der Waals surface area contributed by atoms with Crippen LogP contribution in [-0.2, 0) is 13.2 Å². The maximum atomic E-state index is 9.47. The fraction of sp³-hybridized carbons (Fsp3) is 0.381. The number of aryl methyl sites for hydroxylation is 1. The molecule has 0 saturated heterocycles. The van der Waals surface area contributed by atoms with Crippen molar-refractivity contribution in [2.75, 3.05) is 13.7 Å². The van der Waals surface area contributed by atoms with Crippen LogP contribution < -0.4 is 15.4 Å². The Bertz CT molecular complexity index is 744. The summed E-state index contributed by atoms with van der Waals surface area (Å²) >= 11 is 0. The third-order valence-electron chi connectivity index (χ3n) is 4.25. The van der Waals surface area contributed by atoms with Gasteiger partial charge >= 0.3 is 0 Å². The number of aliphatic hydroxyl groups excluding tert-OH is 1. The van der Waals surface area contributed by atoms with E-state index in [0.717, 1.165) is 34.9 Å². The minimum atomic E-state index is 0.0204. The van der Waals surface area contributed by atoms with Gasteiger partial charge in [0.2, 0.25) is 0 Å². The Balaban J connectivity index is 2.18. The molecular formula is C21H29N3O2. The van der Waals surface area contributed by atoms with Crippen molar-refractivity contribution in [3.63, 3.8) is 0 Å². The lowest BCUT2D eigenvalue weighted by molar-refractivity contribution is 0.280. The molecule has 26 heavy (non-hydrogen) atoms. The number of benzene rings is 2. The Kier molecular flexibility index (Phi) is 7.48. The summed E-state index contributed by atoms with van der Waals surface area (Å²) in [5.74, 6) is 1.59. The average Bonchev–Trinajstić information content (AvgIpc) is 2.66. The van der Waals surface area contributed by atoms with Gasteiger partial charge in [-0.2, -0.15) is 0 Å². The number of aliphatic hydroxyl groups is 1. The van der Waals surface area contributed by atoms with Gasteiger partial charge in [-0.15, -0.1) is 0 Å². The Morgan fingerprint density at radius 3 is 2.58 bits per heavy atom. The molecule has 0 spiro atoms. The van der Waals surface area contributed by atoms with Crippen LogP contribution >= 0.6 is 0 Å². The van der Waals surface area contributed by atoms with Crippen molar-refractivity contribution in [1.29, 1.82) is 0 Å². The van der Waals surface area contributed by atoms with Crippen molar-refractivity contribution in [3.05, 3.63) is 64.7 Å². The zero-order valence-electron chi connectivity index (χ0n) is 16.0. The van der Waals surface area contributed by atoms with Crippen LogP contribution in [0.15, 0.2) is 47.5 Å². The molecule has 5 nitrogen and oxygen atoms in total. The van der Waals surface area contributed by atoms with E-state index in [4.69, 9.17) is 4.74 Å². The zero-order chi connectivity index (χ0) is 18.9. The van der Waals surface area contributed by atoms with Crippen LogP contribution in [0.2, 0.25) is 0 Å². The van der Waals surface area contributed by atoms with Gasteiger partial charge in [0.15, 0.2) is 5.96 Å². The fourth-order valence-electron chi connectivity index (χ4n) is 2.83. The van der Waals surface area contributed by atoms with E-state index in [1.54, 1.807) is 7.11 Å². The third kappa shape index (κ3) is 5.23. The van der Waals surface area contributed by atoms with Gasteiger partial charge in [0.1, 0.15) is 5.75 Å². The fourth-order valence-corrected chi connectivity index (χ4v) is 2.83. The number of methoxy groups -OCH3 is 1. The predicted octanol–water partition coefficient (Wildman–Crippen LogP) is 3.31. The average molecular weight is 355 g/mol. The van der Waals surface area contributed by atoms with Gasteiger partial charge < -0.3 is 20.5 Å². The molecule has 140 valence electrons. The number of nitrogens with zero attached hydrogens (tertiary/aromatic N) is 1. The summed E-state index contributed by atoms with van der Waals surface area (Å²) < 4.78 is 5.49. The summed E-state index contributed by atoms with van der Waals surface area (Å²) in [5.41, 5.74) is 4.20. The van der Waals surface area contributed by atoms with E-state index in [9.17, 15) is 5.11 Å². The van der Waals surface area contributed by atoms with E-state index in [1.165, 1.54) is 5.56 Å². The van der Waals surface area contributed by atoms with Crippen LogP contribution in [0.25, 0.3) is 0 Å². The minimum absolute atomic E-state index is 0.0204. The second kappa shape index (κ2) is 9.82. The topological polar surface area (TPSA) is 65.9 Å². The lowest BCUT2D eigenvalue weighted by atomic mass is 10.0. The molecule has 0 aliphatic rings. The van der Waals surface area contributed by atoms with Gasteiger partial charge in [-0.05, 0) is 38.0 Å². The van der Waals surface area contributed by atoms with Crippen molar-refractivity contribution in [2.24, 2.45) is 4.99 Å². The van der Waals surface area contributed by atoms with E-state index in [0.29, 0.717) is 6.54 Å². The molecule has 0 heterocycles. The molecule has 2 rings (SSSR count). The van der Waals surface area contributed by atoms with Crippen molar-refractivity contribution < 1.29 is 9.84 Å². The van der Waals surface area contributed by atoms with E-state index >= 15 is 0 Å². The number of hydrogen-bond acceptors (Lipinski definition) is 3. The molecule has 3 N–H and O–H groups in total. The first-order chi connectivity index (χ1) is 12.6. The molecule has 0 aliphatic carbocycles. The second-order valence-electron chi connectivity index (χ2n) is 6.23. The largest absolute Gasteiger partial charge is 0.496 e. The van der Waals surface area contributed by atoms with Crippen LogP contribution in [0.4, 0.5) is 0 Å². The molecule has 0 amide bonds. The highest BCUT2D eigenvalue weighted by Gasteiger charge is 2.13. The lowest BCUT2D eigenvalue weighted by Gasteiger charge is -2.21. The number of aliphatic imine (C=N–C) groups is 1. The highest BCUT2D eigenvalue weighted by Crippen LogP contribution is 2.26. The first kappa shape index (κ1) is 19.8. The summed E-state index contributed by atoms with van der Waals surface area (Å²) in [4.78, 5) is 4.68. The predicted molar refractivity (Wildman–Crippen MR) is 106 cm³/mol. The normalized spacial score (nSPS) is 12.6. The summed E-state index contributed by atoms with van der Waals surface area (Å²) in [7, 11) is 1.69. The first-order valence-electron chi connectivity index (χ1n) is 8.96. The number of rotatable bonds is 7. The van der Waals surface area contributed by atoms with Crippen molar-refractivity contribution in [1.82, 2.24) is 10.6 Å². The first-order valence-corrected chi connectivity index (χ1v) is 8.96. The molecule has 0 radical (unpaired) electrons. The van der Waals surface area contributed by atoms with Crippen LogP contribution in [0.3, 0.4) is 0 Å². The molecule has 2 aromatic rings.